The standard InChI is InChI=1S/C37H47ClN2O5S3/c1-24-13-15-37(44-3,35-46-16-5-17-47-35)31-10-7-28(31)20-40-22-36(14-4-6-26-18-29(38)9-11-30(26)36)23-45-33-12-8-27(19-32(33)40)34(41)39-48(42,43)21-25(24)2/h8-9,11-13,15,18-19,24-25,28,31,35H,4-7,10,14,16-17,20-23H2,1-3H3,(H,39,41)/b15-13+/t24-,25+,28-,31+,36-,37-/m0/s1. The number of fused-ring (bicyclic) bond motifs is 4. The molecule has 11 heteroatoms. The van der Waals surface area contributed by atoms with Gasteiger partial charge in [0.25, 0.3) is 5.91 Å². The number of rotatable bonds is 2. The van der Waals surface area contributed by atoms with E-state index in [0.29, 0.717) is 24.0 Å². The molecule has 0 aromatic heterocycles. The molecule has 2 aromatic rings. The van der Waals surface area contributed by atoms with Crippen LogP contribution in [0.25, 0.3) is 0 Å². The maximum Gasteiger partial charge on any atom is 0.264 e. The van der Waals surface area contributed by atoms with Gasteiger partial charge in [0.2, 0.25) is 10.0 Å². The number of aryl methyl sites for hydroxylation is 1. The lowest BCUT2D eigenvalue weighted by Gasteiger charge is -2.53. The summed E-state index contributed by atoms with van der Waals surface area (Å²) >= 11 is 10.5. The van der Waals surface area contributed by atoms with Gasteiger partial charge in [-0.3, -0.25) is 4.79 Å². The van der Waals surface area contributed by atoms with Crippen molar-refractivity contribution >= 4 is 56.7 Å². The quantitative estimate of drug-likeness (QED) is 0.322. The molecule has 6 atom stereocenters. The number of halogens is 1. The monoisotopic (exact) mass is 730 g/mol. The second-order valence-corrected chi connectivity index (χ2v) is 19.6. The minimum atomic E-state index is -3.88. The largest absolute Gasteiger partial charge is 0.490 e. The highest BCUT2D eigenvalue weighted by Crippen LogP contribution is 2.54. The van der Waals surface area contributed by atoms with E-state index in [1.54, 1.807) is 6.07 Å². The van der Waals surface area contributed by atoms with E-state index >= 15 is 0 Å². The number of hydrogen-bond donors (Lipinski definition) is 1. The molecule has 5 aliphatic rings. The first-order valence-corrected chi connectivity index (χ1v) is 21.5. The third-order valence-corrected chi connectivity index (χ3v) is 16.5. The second kappa shape index (κ2) is 13.7. The molecule has 7 nitrogen and oxygen atoms in total. The Morgan fingerprint density at radius 3 is 2.65 bits per heavy atom. The molecule has 0 radical (unpaired) electrons. The summed E-state index contributed by atoms with van der Waals surface area (Å²) in [6, 6.07) is 11.7. The first-order valence-electron chi connectivity index (χ1n) is 17.4. The lowest BCUT2D eigenvalue weighted by molar-refractivity contribution is -0.0640. The van der Waals surface area contributed by atoms with Crippen LogP contribution in [0, 0.1) is 23.7 Å². The van der Waals surface area contributed by atoms with E-state index in [-0.39, 0.29) is 27.6 Å². The zero-order valence-corrected chi connectivity index (χ0v) is 31.3. The van der Waals surface area contributed by atoms with Crippen LogP contribution < -0.4 is 14.4 Å². The van der Waals surface area contributed by atoms with Crippen LogP contribution in [-0.2, 0) is 26.6 Å². The number of methoxy groups -OCH3 is 1. The van der Waals surface area contributed by atoms with Gasteiger partial charge >= 0.3 is 0 Å². The number of anilines is 1. The highest BCUT2D eigenvalue weighted by molar-refractivity contribution is 8.17. The number of allylic oxidation sites excluding steroid dienone is 1. The van der Waals surface area contributed by atoms with Crippen molar-refractivity contribution in [2.24, 2.45) is 23.7 Å². The predicted molar refractivity (Wildman–Crippen MR) is 198 cm³/mol. The van der Waals surface area contributed by atoms with Crippen LogP contribution >= 0.6 is 35.1 Å². The number of nitrogens with one attached hydrogen (secondary N) is 1. The van der Waals surface area contributed by atoms with Crippen molar-refractivity contribution in [1.29, 1.82) is 0 Å². The average molecular weight is 731 g/mol. The topological polar surface area (TPSA) is 84.9 Å². The van der Waals surface area contributed by atoms with Crippen molar-refractivity contribution in [3.63, 3.8) is 0 Å². The Morgan fingerprint density at radius 1 is 1.08 bits per heavy atom. The molecule has 1 saturated heterocycles. The van der Waals surface area contributed by atoms with Gasteiger partial charge < -0.3 is 14.4 Å². The Kier molecular flexibility index (Phi) is 9.87. The summed E-state index contributed by atoms with van der Waals surface area (Å²) in [5, 5.41) is 0.752. The van der Waals surface area contributed by atoms with Crippen LogP contribution in [0.2, 0.25) is 5.02 Å². The fourth-order valence-corrected chi connectivity index (χ4v) is 13.7. The van der Waals surface area contributed by atoms with E-state index in [2.05, 4.69) is 40.8 Å². The summed E-state index contributed by atoms with van der Waals surface area (Å²) in [5.74, 6) is 2.65. The molecule has 1 saturated carbocycles. The molecule has 3 heterocycles. The van der Waals surface area contributed by atoms with Gasteiger partial charge in [-0.2, -0.15) is 0 Å². The Bertz CT molecular complexity index is 1680. The van der Waals surface area contributed by atoms with E-state index in [1.807, 2.05) is 55.8 Å². The Morgan fingerprint density at radius 2 is 1.90 bits per heavy atom. The third kappa shape index (κ3) is 6.54. The van der Waals surface area contributed by atoms with E-state index in [0.717, 1.165) is 73.2 Å². The normalized spacial score (nSPS) is 34.5. The average Bonchev–Trinajstić information content (AvgIpc) is 3.21. The van der Waals surface area contributed by atoms with Crippen LogP contribution in [0.3, 0.4) is 0 Å². The number of nitrogens with zero attached hydrogens (tertiary/aromatic N) is 1. The SMILES string of the molecule is CO[C@@]1(C2SCCCS2)/C=C/[C@H](C)[C@H](C)CS(=O)(=O)NC(=O)c2ccc3c(c2)N(C[C@@H]2CC[C@H]21)C[C@@]1(CCCc2cc(Cl)ccc21)CO3. The van der Waals surface area contributed by atoms with E-state index < -0.39 is 21.5 Å². The molecular weight excluding hydrogens is 684 g/mol. The number of sulfonamides is 1. The van der Waals surface area contributed by atoms with Crippen molar-refractivity contribution in [2.75, 3.05) is 49.0 Å². The number of carbonyl (C=O) groups is 1. The summed E-state index contributed by atoms with van der Waals surface area (Å²) in [5.41, 5.74) is 3.01. The molecule has 2 fully saturated rings. The molecule has 1 amide bonds. The fraction of sp³-hybridized carbons (Fsp3) is 0.595. The minimum absolute atomic E-state index is 0.0235. The van der Waals surface area contributed by atoms with Crippen LogP contribution in [0.15, 0.2) is 48.6 Å². The predicted octanol–water partition coefficient (Wildman–Crippen LogP) is 7.32. The summed E-state index contributed by atoms with van der Waals surface area (Å²) in [7, 11) is -2.02. The Labute approximate surface area is 299 Å². The highest BCUT2D eigenvalue weighted by atomic mass is 35.5. The maximum atomic E-state index is 13.5. The Balaban J connectivity index is 1.34. The van der Waals surface area contributed by atoms with Gasteiger partial charge in [0.15, 0.2) is 0 Å². The van der Waals surface area contributed by atoms with Crippen LogP contribution in [0.1, 0.15) is 67.4 Å². The lowest BCUT2D eigenvalue weighted by atomic mass is 9.64. The first kappa shape index (κ1) is 34.6. The molecule has 7 rings (SSSR count). The summed E-state index contributed by atoms with van der Waals surface area (Å²) in [6.07, 6.45) is 10.9. The summed E-state index contributed by atoms with van der Waals surface area (Å²) in [6.45, 7) is 6.06. The zero-order chi connectivity index (χ0) is 33.7. The first-order chi connectivity index (χ1) is 23.0. The molecule has 48 heavy (non-hydrogen) atoms. The number of carbonyl (C=O) groups excluding carboxylic acids is 1. The fourth-order valence-electron chi connectivity index (χ4n) is 8.59. The van der Waals surface area contributed by atoms with Crippen molar-refractivity contribution in [3.8, 4) is 5.75 Å². The summed E-state index contributed by atoms with van der Waals surface area (Å²) in [4.78, 5) is 15.9. The van der Waals surface area contributed by atoms with E-state index in [1.165, 1.54) is 17.5 Å². The Hall–Kier alpha value is -1.85. The molecule has 3 aliphatic heterocycles. The minimum Gasteiger partial charge on any atom is -0.490 e. The van der Waals surface area contributed by atoms with Crippen molar-refractivity contribution in [2.45, 2.75) is 68.0 Å². The summed E-state index contributed by atoms with van der Waals surface area (Å²) < 4.78 is 42.6. The highest BCUT2D eigenvalue weighted by Gasteiger charge is 2.53. The number of amides is 1. The van der Waals surface area contributed by atoms with Gasteiger partial charge in [-0.25, -0.2) is 13.1 Å². The van der Waals surface area contributed by atoms with Crippen LogP contribution in [-0.4, -0.2) is 68.6 Å². The van der Waals surface area contributed by atoms with Crippen molar-refractivity contribution < 1.29 is 22.7 Å². The number of thioether (sulfide) groups is 2. The smallest absolute Gasteiger partial charge is 0.264 e. The van der Waals surface area contributed by atoms with Crippen molar-refractivity contribution in [3.05, 3.63) is 70.3 Å². The molecule has 2 bridgehead atoms. The molecule has 2 aliphatic carbocycles. The van der Waals surface area contributed by atoms with Gasteiger partial charge in [-0.1, -0.05) is 43.7 Å². The van der Waals surface area contributed by atoms with Crippen molar-refractivity contribution in [1.82, 2.24) is 4.72 Å². The van der Waals surface area contributed by atoms with Crippen LogP contribution in [0.5, 0.6) is 5.75 Å². The van der Waals surface area contributed by atoms with Gasteiger partial charge in [-0.05, 0) is 115 Å². The zero-order valence-electron chi connectivity index (χ0n) is 28.1. The number of ether oxygens (including phenoxy) is 2. The van der Waals surface area contributed by atoms with Gasteiger partial charge in [-0.15, -0.1) is 23.5 Å². The van der Waals surface area contributed by atoms with E-state index in [9.17, 15) is 13.2 Å². The molecule has 260 valence electrons. The second-order valence-electron chi connectivity index (χ2n) is 14.6. The third-order valence-electron chi connectivity index (χ3n) is 11.6. The van der Waals surface area contributed by atoms with Crippen LogP contribution in [0.4, 0.5) is 5.69 Å². The number of hydrogen-bond acceptors (Lipinski definition) is 8. The van der Waals surface area contributed by atoms with Gasteiger partial charge in [0.05, 0.1) is 22.6 Å². The lowest BCUT2D eigenvalue weighted by Crippen LogP contribution is -2.56. The van der Waals surface area contributed by atoms with Gasteiger partial charge in [0, 0.05) is 36.2 Å². The van der Waals surface area contributed by atoms with E-state index in [4.69, 9.17) is 21.1 Å². The number of benzene rings is 2. The van der Waals surface area contributed by atoms with Gasteiger partial charge in [0.1, 0.15) is 11.4 Å². The molecule has 0 unspecified atom stereocenters. The molecule has 2 aromatic carbocycles. The molecule has 1 N–H and O–H groups in total. The molecule has 1 spiro atoms. The molecular formula is C37H47ClN2O5S3. The maximum absolute atomic E-state index is 13.5.